The van der Waals surface area contributed by atoms with Crippen LogP contribution in [0, 0.1) is 5.92 Å². The normalized spacial score (nSPS) is 44.7. The number of halogens is 1. The molecule has 1 saturated carbocycles. The third kappa shape index (κ3) is 1.30. The summed E-state index contributed by atoms with van der Waals surface area (Å²) in [6.45, 7) is 3.66. The minimum Gasteiger partial charge on any atom is -0.311 e. The summed E-state index contributed by atoms with van der Waals surface area (Å²) in [6.07, 6.45) is 5.77. The maximum Gasteiger partial charge on any atom is 0.0156 e. The van der Waals surface area contributed by atoms with Gasteiger partial charge in [0.05, 0.1) is 0 Å². The summed E-state index contributed by atoms with van der Waals surface area (Å²) in [7, 11) is 0. The van der Waals surface area contributed by atoms with Crippen molar-refractivity contribution in [2.24, 2.45) is 5.92 Å². The highest BCUT2D eigenvalue weighted by atomic mass is 35.5. The van der Waals surface area contributed by atoms with E-state index in [-0.39, 0.29) is 12.4 Å². The SMILES string of the molecule is C[C@@]12CCC[C@@H](CN1)C2.Cl. The van der Waals surface area contributed by atoms with Gasteiger partial charge in [-0.15, -0.1) is 12.4 Å². The zero-order chi connectivity index (χ0) is 6.32. The van der Waals surface area contributed by atoms with Crippen molar-refractivity contribution in [3.8, 4) is 0 Å². The van der Waals surface area contributed by atoms with Gasteiger partial charge in [0.1, 0.15) is 0 Å². The summed E-state index contributed by atoms with van der Waals surface area (Å²) < 4.78 is 0. The Morgan fingerprint density at radius 1 is 1.50 bits per heavy atom. The highest BCUT2D eigenvalue weighted by Crippen LogP contribution is 2.36. The molecule has 2 atom stereocenters. The van der Waals surface area contributed by atoms with Gasteiger partial charge >= 0.3 is 0 Å². The van der Waals surface area contributed by atoms with Gasteiger partial charge in [0.15, 0.2) is 0 Å². The molecule has 0 aromatic carbocycles. The fourth-order valence-electron chi connectivity index (χ4n) is 2.35. The van der Waals surface area contributed by atoms with Crippen LogP contribution >= 0.6 is 12.4 Å². The summed E-state index contributed by atoms with van der Waals surface area (Å²) >= 11 is 0. The first-order valence-electron chi connectivity index (χ1n) is 4.04. The molecule has 2 heteroatoms. The van der Waals surface area contributed by atoms with Crippen LogP contribution in [0.3, 0.4) is 0 Å². The molecule has 2 aliphatic rings. The zero-order valence-corrected chi connectivity index (χ0v) is 7.34. The second kappa shape index (κ2) is 2.71. The van der Waals surface area contributed by atoms with Gasteiger partial charge in [-0.3, -0.25) is 0 Å². The highest BCUT2D eigenvalue weighted by Gasteiger charge is 2.37. The molecule has 0 unspecified atom stereocenters. The lowest BCUT2D eigenvalue weighted by atomic mass is 9.82. The topological polar surface area (TPSA) is 12.0 Å². The van der Waals surface area contributed by atoms with E-state index in [0.29, 0.717) is 5.54 Å². The van der Waals surface area contributed by atoms with Crippen LogP contribution in [0.25, 0.3) is 0 Å². The lowest BCUT2D eigenvalue weighted by Crippen LogP contribution is -2.36. The molecule has 2 rings (SSSR count). The van der Waals surface area contributed by atoms with Crippen LogP contribution in [0.15, 0.2) is 0 Å². The molecule has 1 aliphatic heterocycles. The molecule has 0 aromatic heterocycles. The first-order valence-corrected chi connectivity index (χ1v) is 4.04. The van der Waals surface area contributed by atoms with Crippen LogP contribution < -0.4 is 5.32 Å². The van der Waals surface area contributed by atoms with Crippen LogP contribution in [-0.4, -0.2) is 12.1 Å². The Bertz CT molecular complexity index is 122. The Labute approximate surface area is 69.0 Å². The second-order valence-corrected chi connectivity index (χ2v) is 3.90. The standard InChI is InChI=1S/C8H15N.ClH/c1-8-4-2-3-7(5-8)6-9-8;/h7,9H,2-6H2,1H3;1H/t7-,8+;/m1./s1. The average Bonchev–Trinajstić information content (AvgIpc) is 2.07. The van der Waals surface area contributed by atoms with Crippen LogP contribution in [-0.2, 0) is 0 Å². The second-order valence-electron chi connectivity index (χ2n) is 3.90. The van der Waals surface area contributed by atoms with Crippen LogP contribution in [0.5, 0.6) is 0 Å². The summed E-state index contributed by atoms with van der Waals surface area (Å²) in [5.41, 5.74) is 0.545. The summed E-state index contributed by atoms with van der Waals surface area (Å²) in [5, 5.41) is 3.59. The van der Waals surface area contributed by atoms with Crippen molar-refractivity contribution in [2.45, 2.75) is 38.1 Å². The highest BCUT2D eigenvalue weighted by molar-refractivity contribution is 5.85. The first kappa shape index (κ1) is 8.35. The van der Waals surface area contributed by atoms with Crippen molar-refractivity contribution in [2.75, 3.05) is 6.54 Å². The molecular weight excluding hydrogens is 146 g/mol. The molecule has 1 nitrogen and oxygen atoms in total. The Hall–Kier alpha value is 0.250. The van der Waals surface area contributed by atoms with Crippen molar-refractivity contribution in [1.29, 1.82) is 0 Å². The molecule has 1 N–H and O–H groups in total. The van der Waals surface area contributed by atoms with Gasteiger partial charge in [-0.25, -0.2) is 0 Å². The Morgan fingerprint density at radius 2 is 2.30 bits per heavy atom. The van der Waals surface area contributed by atoms with E-state index in [0.717, 1.165) is 5.92 Å². The van der Waals surface area contributed by atoms with E-state index in [1.807, 2.05) is 0 Å². The predicted molar refractivity (Wildman–Crippen MR) is 45.6 cm³/mol. The van der Waals surface area contributed by atoms with Gasteiger partial charge in [-0.2, -0.15) is 0 Å². The summed E-state index contributed by atoms with van der Waals surface area (Å²) in [4.78, 5) is 0. The minimum atomic E-state index is 0. The van der Waals surface area contributed by atoms with Gasteiger partial charge in [0, 0.05) is 5.54 Å². The fourth-order valence-corrected chi connectivity index (χ4v) is 2.35. The van der Waals surface area contributed by atoms with E-state index < -0.39 is 0 Å². The minimum absolute atomic E-state index is 0. The molecule has 0 aromatic rings. The number of rotatable bonds is 0. The lowest BCUT2D eigenvalue weighted by molar-refractivity contribution is 0.308. The summed E-state index contributed by atoms with van der Waals surface area (Å²) in [6, 6.07) is 0. The van der Waals surface area contributed by atoms with Crippen molar-refractivity contribution in [1.82, 2.24) is 5.32 Å². The Balaban J connectivity index is 0.000000500. The molecule has 1 saturated heterocycles. The molecule has 0 amide bonds. The lowest BCUT2D eigenvalue weighted by Gasteiger charge is -2.28. The quantitative estimate of drug-likeness (QED) is 0.573. The van der Waals surface area contributed by atoms with Gasteiger partial charge < -0.3 is 5.32 Å². The largest absolute Gasteiger partial charge is 0.311 e. The summed E-state index contributed by atoms with van der Waals surface area (Å²) in [5.74, 6) is 1.02. The molecular formula is C8H16ClN. The number of hydrogen-bond acceptors (Lipinski definition) is 1. The predicted octanol–water partition coefficient (Wildman–Crippen LogP) is 1.96. The van der Waals surface area contributed by atoms with Crippen molar-refractivity contribution >= 4 is 12.4 Å². The molecule has 2 bridgehead atoms. The van der Waals surface area contributed by atoms with Crippen LogP contribution in [0.2, 0.25) is 0 Å². The van der Waals surface area contributed by atoms with E-state index >= 15 is 0 Å². The first-order chi connectivity index (χ1) is 4.29. The monoisotopic (exact) mass is 161 g/mol. The van der Waals surface area contributed by atoms with Crippen molar-refractivity contribution in [3.63, 3.8) is 0 Å². The van der Waals surface area contributed by atoms with E-state index in [1.165, 1.54) is 32.2 Å². The zero-order valence-electron chi connectivity index (χ0n) is 6.52. The maximum absolute atomic E-state index is 3.59. The molecule has 2 fully saturated rings. The number of nitrogens with one attached hydrogen (secondary N) is 1. The van der Waals surface area contributed by atoms with E-state index in [1.54, 1.807) is 0 Å². The van der Waals surface area contributed by atoms with Crippen molar-refractivity contribution < 1.29 is 0 Å². The molecule has 60 valence electrons. The Kier molecular flexibility index (Phi) is 2.26. The van der Waals surface area contributed by atoms with Gasteiger partial charge in [0.25, 0.3) is 0 Å². The molecule has 0 spiro atoms. The average molecular weight is 162 g/mol. The Morgan fingerprint density at radius 3 is 2.90 bits per heavy atom. The molecule has 1 heterocycles. The van der Waals surface area contributed by atoms with Crippen molar-refractivity contribution in [3.05, 3.63) is 0 Å². The molecule has 1 aliphatic carbocycles. The van der Waals surface area contributed by atoms with Gasteiger partial charge in [0.2, 0.25) is 0 Å². The van der Waals surface area contributed by atoms with E-state index in [4.69, 9.17) is 0 Å². The third-order valence-electron chi connectivity index (χ3n) is 2.90. The van der Waals surface area contributed by atoms with Gasteiger partial charge in [-0.1, -0.05) is 6.42 Å². The third-order valence-corrected chi connectivity index (χ3v) is 2.90. The van der Waals surface area contributed by atoms with Crippen LogP contribution in [0.4, 0.5) is 0 Å². The van der Waals surface area contributed by atoms with Gasteiger partial charge in [-0.05, 0) is 38.6 Å². The number of fused-ring (bicyclic) bond motifs is 2. The molecule has 0 radical (unpaired) electrons. The molecule has 10 heavy (non-hydrogen) atoms. The van der Waals surface area contributed by atoms with Crippen LogP contribution in [0.1, 0.15) is 32.6 Å². The smallest absolute Gasteiger partial charge is 0.0156 e. The fraction of sp³-hybridized carbons (Fsp3) is 1.00. The number of hydrogen-bond donors (Lipinski definition) is 1. The van der Waals surface area contributed by atoms with E-state index in [9.17, 15) is 0 Å². The van der Waals surface area contributed by atoms with E-state index in [2.05, 4.69) is 12.2 Å². The maximum atomic E-state index is 3.59.